The Morgan fingerprint density at radius 2 is 2.05 bits per heavy atom. The largest absolute Gasteiger partial charge is 0.480 e. The Labute approximate surface area is 124 Å². The van der Waals surface area contributed by atoms with Gasteiger partial charge in [-0.3, -0.25) is 4.79 Å². The van der Waals surface area contributed by atoms with Gasteiger partial charge in [0.1, 0.15) is 5.75 Å². The Balaban J connectivity index is 1.66. The molecule has 1 aromatic carbocycles. The summed E-state index contributed by atoms with van der Waals surface area (Å²) < 4.78 is 5.74. The summed E-state index contributed by atoms with van der Waals surface area (Å²) in [6, 6.07) is 7.84. The molecule has 0 saturated heterocycles. The molecule has 1 fully saturated rings. The molecule has 1 unspecified atom stereocenters. The van der Waals surface area contributed by atoms with Crippen molar-refractivity contribution < 1.29 is 9.53 Å². The summed E-state index contributed by atoms with van der Waals surface area (Å²) in [5.74, 6) is 1.29. The minimum atomic E-state index is -0.408. The van der Waals surface area contributed by atoms with Gasteiger partial charge in [-0.05, 0) is 24.5 Å². The topological polar surface area (TPSA) is 38.3 Å². The van der Waals surface area contributed by atoms with Crippen LogP contribution in [0.25, 0.3) is 0 Å². The Hall–Kier alpha value is -1.22. The summed E-state index contributed by atoms with van der Waals surface area (Å²) in [5.41, 5.74) is 0.880. The van der Waals surface area contributed by atoms with Crippen molar-refractivity contribution in [2.45, 2.75) is 50.2 Å². The second-order valence-corrected chi connectivity index (χ2v) is 6.15. The highest BCUT2D eigenvalue weighted by Gasteiger charge is 2.37. The van der Waals surface area contributed by atoms with Gasteiger partial charge in [0.15, 0.2) is 6.10 Å². The van der Waals surface area contributed by atoms with E-state index >= 15 is 0 Å². The zero-order chi connectivity index (χ0) is 14.0. The number of rotatable bonds is 3. The summed E-state index contributed by atoms with van der Waals surface area (Å²) in [4.78, 5) is 12.5. The maximum absolute atomic E-state index is 12.5. The lowest BCUT2D eigenvalue weighted by molar-refractivity contribution is -0.129. The van der Waals surface area contributed by atoms with Gasteiger partial charge in [0.25, 0.3) is 5.91 Å². The molecule has 4 heteroatoms. The van der Waals surface area contributed by atoms with Crippen LogP contribution in [0.1, 0.15) is 37.7 Å². The van der Waals surface area contributed by atoms with E-state index in [4.69, 9.17) is 16.3 Å². The smallest absolute Gasteiger partial charge is 0.261 e. The zero-order valence-electron chi connectivity index (χ0n) is 11.5. The van der Waals surface area contributed by atoms with Crippen LogP contribution in [-0.4, -0.2) is 23.4 Å². The minimum absolute atomic E-state index is 0.0243. The molecular weight excluding hydrogens is 274 g/mol. The lowest BCUT2D eigenvalue weighted by Crippen LogP contribution is -2.54. The molecule has 1 aliphatic carbocycles. The van der Waals surface area contributed by atoms with Gasteiger partial charge in [-0.15, -0.1) is 11.6 Å². The van der Waals surface area contributed by atoms with Crippen molar-refractivity contribution in [2.24, 2.45) is 0 Å². The first-order chi connectivity index (χ1) is 9.72. The Kier molecular flexibility index (Phi) is 3.88. The average Bonchev–Trinajstić information content (AvgIpc) is 2.92. The monoisotopic (exact) mass is 293 g/mol. The van der Waals surface area contributed by atoms with Crippen molar-refractivity contribution in [1.82, 2.24) is 5.32 Å². The van der Waals surface area contributed by atoms with E-state index < -0.39 is 6.10 Å². The van der Waals surface area contributed by atoms with Crippen LogP contribution in [0.4, 0.5) is 0 Å². The lowest BCUT2D eigenvalue weighted by atomic mass is 9.83. The lowest BCUT2D eigenvalue weighted by Gasteiger charge is -2.37. The third-order valence-corrected chi connectivity index (χ3v) is 4.91. The van der Waals surface area contributed by atoms with Gasteiger partial charge < -0.3 is 10.1 Å². The van der Waals surface area contributed by atoms with Crippen LogP contribution in [-0.2, 0) is 11.2 Å². The molecule has 20 heavy (non-hydrogen) atoms. The van der Waals surface area contributed by atoms with Gasteiger partial charge in [0.2, 0.25) is 0 Å². The second-order valence-electron chi connectivity index (χ2n) is 5.88. The van der Waals surface area contributed by atoms with Crippen molar-refractivity contribution in [1.29, 1.82) is 0 Å². The van der Waals surface area contributed by atoms with Crippen LogP contribution in [0.15, 0.2) is 24.3 Å². The predicted molar refractivity (Wildman–Crippen MR) is 79.2 cm³/mol. The molecule has 2 aliphatic rings. The maximum Gasteiger partial charge on any atom is 0.261 e. The molecule has 0 aromatic heterocycles. The van der Waals surface area contributed by atoms with E-state index in [2.05, 4.69) is 5.32 Å². The molecule has 1 amide bonds. The van der Waals surface area contributed by atoms with Crippen molar-refractivity contribution in [2.75, 3.05) is 5.88 Å². The number of hydrogen-bond acceptors (Lipinski definition) is 2. The summed E-state index contributed by atoms with van der Waals surface area (Å²) >= 11 is 6.12. The van der Waals surface area contributed by atoms with Crippen LogP contribution in [0.5, 0.6) is 5.75 Å². The van der Waals surface area contributed by atoms with E-state index in [1.165, 1.54) is 6.42 Å². The normalized spacial score (nSPS) is 23.8. The highest BCUT2D eigenvalue weighted by Crippen LogP contribution is 2.31. The summed E-state index contributed by atoms with van der Waals surface area (Å²) in [5, 5.41) is 3.16. The van der Waals surface area contributed by atoms with Crippen LogP contribution in [0.3, 0.4) is 0 Å². The molecular formula is C16H20ClNO2. The number of alkyl halides is 1. The summed E-state index contributed by atoms with van der Waals surface area (Å²) in [6.45, 7) is 0. The molecule has 0 radical (unpaired) electrons. The molecule has 3 rings (SSSR count). The number of carbonyl (C=O) groups is 1. The third kappa shape index (κ3) is 2.64. The maximum atomic E-state index is 12.5. The highest BCUT2D eigenvalue weighted by atomic mass is 35.5. The Bertz CT molecular complexity index is 472. The van der Waals surface area contributed by atoms with Gasteiger partial charge in [-0.1, -0.05) is 37.5 Å². The fourth-order valence-electron chi connectivity index (χ4n) is 3.19. The Morgan fingerprint density at radius 1 is 1.30 bits per heavy atom. The quantitative estimate of drug-likeness (QED) is 0.870. The number of nitrogens with one attached hydrogen (secondary N) is 1. The van der Waals surface area contributed by atoms with Gasteiger partial charge in [0, 0.05) is 12.3 Å². The number of halogens is 1. The summed E-state index contributed by atoms with van der Waals surface area (Å²) in [6.07, 6.45) is 5.70. The number of benzene rings is 1. The molecule has 1 atom stereocenters. The van der Waals surface area contributed by atoms with Crippen LogP contribution < -0.4 is 10.1 Å². The Morgan fingerprint density at radius 3 is 2.75 bits per heavy atom. The molecule has 3 nitrogen and oxygen atoms in total. The predicted octanol–water partition coefficient (Wildman–Crippen LogP) is 3.05. The molecule has 1 N–H and O–H groups in total. The highest BCUT2D eigenvalue weighted by molar-refractivity contribution is 6.18. The van der Waals surface area contributed by atoms with E-state index in [0.717, 1.165) is 37.0 Å². The molecule has 1 aromatic rings. The van der Waals surface area contributed by atoms with Crippen molar-refractivity contribution >= 4 is 17.5 Å². The van der Waals surface area contributed by atoms with Gasteiger partial charge in [-0.25, -0.2) is 0 Å². The fourth-order valence-corrected chi connectivity index (χ4v) is 3.52. The van der Waals surface area contributed by atoms with E-state index in [9.17, 15) is 4.79 Å². The van der Waals surface area contributed by atoms with E-state index in [1.54, 1.807) is 0 Å². The number of ether oxygens (including phenoxy) is 1. The first-order valence-electron chi connectivity index (χ1n) is 7.35. The third-order valence-electron chi connectivity index (χ3n) is 4.39. The number of fused-ring (bicyclic) bond motifs is 1. The van der Waals surface area contributed by atoms with E-state index in [1.807, 2.05) is 24.3 Å². The number of hydrogen-bond donors (Lipinski definition) is 1. The van der Waals surface area contributed by atoms with Gasteiger partial charge in [0.05, 0.1) is 5.54 Å². The van der Waals surface area contributed by atoms with Gasteiger partial charge in [-0.2, -0.15) is 0 Å². The van der Waals surface area contributed by atoms with Crippen LogP contribution in [0.2, 0.25) is 0 Å². The molecule has 0 bridgehead atoms. The fraction of sp³-hybridized carbons (Fsp3) is 0.562. The SMILES string of the molecule is O=C(NC1(CCl)CCCCC1)C1Cc2ccccc2O1. The van der Waals surface area contributed by atoms with Gasteiger partial charge >= 0.3 is 0 Å². The molecule has 1 aliphatic heterocycles. The van der Waals surface area contributed by atoms with Crippen LogP contribution >= 0.6 is 11.6 Å². The first-order valence-corrected chi connectivity index (χ1v) is 7.88. The number of carbonyl (C=O) groups excluding carboxylic acids is 1. The second kappa shape index (κ2) is 5.65. The van der Waals surface area contributed by atoms with Crippen molar-refractivity contribution in [3.8, 4) is 5.75 Å². The minimum Gasteiger partial charge on any atom is -0.480 e. The van der Waals surface area contributed by atoms with Crippen molar-refractivity contribution in [3.63, 3.8) is 0 Å². The summed E-state index contributed by atoms with van der Waals surface area (Å²) in [7, 11) is 0. The number of para-hydroxylation sites is 1. The number of amides is 1. The molecule has 1 saturated carbocycles. The van der Waals surface area contributed by atoms with E-state index in [-0.39, 0.29) is 11.4 Å². The standard InChI is InChI=1S/C16H20ClNO2/c17-11-16(8-4-1-5-9-16)18-15(19)14-10-12-6-2-3-7-13(12)20-14/h2-3,6-7,14H,1,4-5,8-11H2,(H,18,19). The van der Waals surface area contributed by atoms with Crippen LogP contribution in [0, 0.1) is 0 Å². The molecule has 0 spiro atoms. The average molecular weight is 294 g/mol. The van der Waals surface area contributed by atoms with E-state index in [0.29, 0.717) is 12.3 Å². The van der Waals surface area contributed by atoms with Crippen molar-refractivity contribution in [3.05, 3.63) is 29.8 Å². The molecule has 1 heterocycles. The zero-order valence-corrected chi connectivity index (χ0v) is 12.3. The molecule has 108 valence electrons. The first kappa shape index (κ1) is 13.7.